The molecule has 2 rings (SSSR count). The molecule has 88 valence electrons. The van der Waals surface area contributed by atoms with Gasteiger partial charge < -0.3 is 10.1 Å². The van der Waals surface area contributed by atoms with Crippen molar-refractivity contribution < 1.29 is 4.74 Å². The molecule has 0 radical (unpaired) electrons. The number of rotatable bonds is 3. The van der Waals surface area contributed by atoms with Gasteiger partial charge in [0.15, 0.2) is 0 Å². The highest BCUT2D eigenvalue weighted by molar-refractivity contribution is 5.34. The summed E-state index contributed by atoms with van der Waals surface area (Å²) in [5, 5.41) is 3.49. The van der Waals surface area contributed by atoms with Gasteiger partial charge in [-0.15, -0.1) is 0 Å². The minimum absolute atomic E-state index is 0.382. The van der Waals surface area contributed by atoms with Crippen molar-refractivity contribution in [1.82, 2.24) is 5.32 Å². The summed E-state index contributed by atoms with van der Waals surface area (Å²) in [5.41, 5.74) is 1.71. The summed E-state index contributed by atoms with van der Waals surface area (Å²) in [7, 11) is 1.75. The van der Waals surface area contributed by atoms with Gasteiger partial charge in [-0.1, -0.05) is 25.1 Å². The van der Waals surface area contributed by atoms with Gasteiger partial charge in [0, 0.05) is 6.54 Å². The summed E-state index contributed by atoms with van der Waals surface area (Å²) in [6, 6.07) is 8.36. The Morgan fingerprint density at radius 3 is 2.88 bits per heavy atom. The molecule has 0 aliphatic carbocycles. The van der Waals surface area contributed by atoms with Crippen LogP contribution < -0.4 is 10.1 Å². The molecule has 0 amide bonds. The van der Waals surface area contributed by atoms with E-state index in [0.717, 1.165) is 18.7 Å². The Hall–Kier alpha value is -1.02. The van der Waals surface area contributed by atoms with Gasteiger partial charge in [-0.3, -0.25) is 0 Å². The summed E-state index contributed by atoms with van der Waals surface area (Å²) >= 11 is 0. The molecule has 2 nitrogen and oxygen atoms in total. The SMILES string of the molecule is COc1ccccc1CC1(C)CCCNC1. The molecule has 1 aliphatic heterocycles. The Labute approximate surface area is 98.0 Å². The fourth-order valence-electron chi connectivity index (χ4n) is 2.58. The molecule has 0 spiro atoms. The fourth-order valence-corrected chi connectivity index (χ4v) is 2.58. The van der Waals surface area contributed by atoms with Crippen LogP contribution in [0.25, 0.3) is 0 Å². The van der Waals surface area contributed by atoms with Gasteiger partial charge in [0.2, 0.25) is 0 Å². The zero-order valence-corrected chi connectivity index (χ0v) is 10.3. The number of para-hydroxylation sites is 1. The van der Waals surface area contributed by atoms with Gasteiger partial charge in [-0.2, -0.15) is 0 Å². The molecule has 1 unspecified atom stereocenters. The number of benzene rings is 1. The van der Waals surface area contributed by atoms with Crippen molar-refractivity contribution in [3.05, 3.63) is 29.8 Å². The first-order valence-corrected chi connectivity index (χ1v) is 6.06. The molecule has 1 N–H and O–H groups in total. The molecule has 1 fully saturated rings. The molecular formula is C14H21NO. The lowest BCUT2D eigenvalue weighted by Gasteiger charge is -2.34. The van der Waals surface area contributed by atoms with Gasteiger partial charge in [-0.05, 0) is 42.9 Å². The van der Waals surface area contributed by atoms with Crippen LogP contribution in [0.4, 0.5) is 0 Å². The highest BCUT2D eigenvalue weighted by Crippen LogP contribution is 2.32. The second-order valence-corrected chi connectivity index (χ2v) is 5.08. The molecule has 0 saturated carbocycles. The molecule has 1 atom stereocenters. The lowest BCUT2D eigenvalue weighted by atomic mass is 9.77. The molecule has 1 aromatic rings. The van der Waals surface area contributed by atoms with E-state index in [1.807, 2.05) is 6.07 Å². The first-order valence-electron chi connectivity index (χ1n) is 6.06. The third kappa shape index (κ3) is 2.56. The van der Waals surface area contributed by atoms with E-state index in [1.54, 1.807) is 7.11 Å². The Morgan fingerprint density at radius 2 is 2.19 bits per heavy atom. The monoisotopic (exact) mass is 219 g/mol. The summed E-state index contributed by atoms with van der Waals surface area (Å²) in [4.78, 5) is 0. The van der Waals surface area contributed by atoms with Crippen LogP contribution in [0.15, 0.2) is 24.3 Å². The average Bonchev–Trinajstić information content (AvgIpc) is 2.30. The van der Waals surface area contributed by atoms with Crippen molar-refractivity contribution in [2.24, 2.45) is 5.41 Å². The highest BCUT2D eigenvalue weighted by atomic mass is 16.5. The van der Waals surface area contributed by atoms with Gasteiger partial charge >= 0.3 is 0 Å². The predicted molar refractivity (Wildman–Crippen MR) is 66.9 cm³/mol. The van der Waals surface area contributed by atoms with Crippen LogP contribution in [0, 0.1) is 5.41 Å². The van der Waals surface area contributed by atoms with E-state index in [4.69, 9.17) is 4.74 Å². The zero-order valence-electron chi connectivity index (χ0n) is 10.3. The van der Waals surface area contributed by atoms with E-state index in [1.165, 1.54) is 24.9 Å². The molecule has 1 aromatic carbocycles. The number of hydrogen-bond donors (Lipinski definition) is 1. The van der Waals surface area contributed by atoms with Crippen molar-refractivity contribution in [3.8, 4) is 5.75 Å². The van der Waals surface area contributed by atoms with Crippen LogP contribution in [0.3, 0.4) is 0 Å². The van der Waals surface area contributed by atoms with Gasteiger partial charge in [0.1, 0.15) is 5.75 Å². The molecule has 1 heterocycles. The van der Waals surface area contributed by atoms with Gasteiger partial charge in [-0.25, -0.2) is 0 Å². The maximum Gasteiger partial charge on any atom is 0.122 e. The number of methoxy groups -OCH3 is 1. The van der Waals surface area contributed by atoms with Gasteiger partial charge in [0.05, 0.1) is 7.11 Å². The van der Waals surface area contributed by atoms with Crippen molar-refractivity contribution in [2.75, 3.05) is 20.2 Å². The Bertz CT molecular complexity index is 342. The first kappa shape index (κ1) is 11.5. The van der Waals surface area contributed by atoms with Crippen molar-refractivity contribution in [2.45, 2.75) is 26.2 Å². The molecule has 0 aromatic heterocycles. The highest BCUT2D eigenvalue weighted by Gasteiger charge is 2.27. The third-order valence-electron chi connectivity index (χ3n) is 3.50. The Kier molecular flexibility index (Phi) is 3.49. The van der Waals surface area contributed by atoms with Crippen LogP contribution in [0.1, 0.15) is 25.3 Å². The number of nitrogens with one attached hydrogen (secondary N) is 1. The standard InChI is InChI=1S/C14H21NO/c1-14(8-5-9-15-11-14)10-12-6-3-4-7-13(12)16-2/h3-4,6-7,15H,5,8-11H2,1-2H3. The van der Waals surface area contributed by atoms with Crippen LogP contribution in [0.5, 0.6) is 5.75 Å². The van der Waals surface area contributed by atoms with Crippen LogP contribution in [0.2, 0.25) is 0 Å². The third-order valence-corrected chi connectivity index (χ3v) is 3.50. The fraction of sp³-hybridized carbons (Fsp3) is 0.571. The summed E-state index contributed by atoms with van der Waals surface area (Å²) in [6.45, 7) is 4.65. The second kappa shape index (κ2) is 4.88. The van der Waals surface area contributed by atoms with Crippen molar-refractivity contribution in [3.63, 3.8) is 0 Å². The van der Waals surface area contributed by atoms with E-state index < -0.39 is 0 Å². The molecule has 16 heavy (non-hydrogen) atoms. The minimum atomic E-state index is 0.382. The van der Waals surface area contributed by atoms with Crippen molar-refractivity contribution in [1.29, 1.82) is 0 Å². The lowest BCUT2D eigenvalue weighted by Crippen LogP contribution is -2.39. The average molecular weight is 219 g/mol. The van der Waals surface area contributed by atoms with E-state index in [2.05, 4.69) is 30.4 Å². The number of ether oxygens (including phenoxy) is 1. The lowest BCUT2D eigenvalue weighted by molar-refractivity contribution is 0.232. The summed E-state index contributed by atoms with van der Waals surface area (Å²) in [5.74, 6) is 1.02. The number of piperidine rings is 1. The molecule has 0 bridgehead atoms. The molecule has 1 aliphatic rings. The van der Waals surface area contributed by atoms with E-state index in [9.17, 15) is 0 Å². The largest absolute Gasteiger partial charge is 0.496 e. The van der Waals surface area contributed by atoms with E-state index >= 15 is 0 Å². The Morgan fingerprint density at radius 1 is 1.38 bits per heavy atom. The first-order chi connectivity index (χ1) is 7.73. The maximum absolute atomic E-state index is 5.41. The molecule has 1 saturated heterocycles. The van der Waals surface area contributed by atoms with E-state index in [-0.39, 0.29) is 0 Å². The van der Waals surface area contributed by atoms with Crippen LogP contribution in [-0.2, 0) is 6.42 Å². The van der Waals surface area contributed by atoms with Crippen LogP contribution >= 0.6 is 0 Å². The molecular weight excluding hydrogens is 198 g/mol. The second-order valence-electron chi connectivity index (χ2n) is 5.08. The predicted octanol–water partition coefficient (Wildman–Crippen LogP) is 2.63. The Balaban J connectivity index is 2.12. The van der Waals surface area contributed by atoms with E-state index in [0.29, 0.717) is 5.41 Å². The minimum Gasteiger partial charge on any atom is -0.496 e. The summed E-state index contributed by atoms with van der Waals surface area (Å²) < 4.78 is 5.41. The smallest absolute Gasteiger partial charge is 0.122 e. The summed E-state index contributed by atoms with van der Waals surface area (Å²) in [6.07, 6.45) is 3.69. The topological polar surface area (TPSA) is 21.3 Å². The van der Waals surface area contributed by atoms with Crippen LogP contribution in [-0.4, -0.2) is 20.2 Å². The molecule has 2 heteroatoms. The quantitative estimate of drug-likeness (QED) is 0.843. The zero-order chi connectivity index (χ0) is 11.4. The maximum atomic E-state index is 5.41. The van der Waals surface area contributed by atoms with Crippen molar-refractivity contribution >= 4 is 0 Å². The normalized spacial score (nSPS) is 25.4. The number of hydrogen-bond acceptors (Lipinski definition) is 2. The van der Waals surface area contributed by atoms with Gasteiger partial charge in [0.25, 0.3) is 0 Å².